The Kier molecular flexibility index (Phi) is 5.64. The van der Waals surface area contributed by atoms with Crippen LogP contribution in [0.3, 0.4) is 0 Å². The molecule has 0 radical (unpaired) electrons. The minimum absolute atomic E-state index is 0.104. The first kappa shape index (κ1) is 18.9. The second-order valence-corrected chi connectivity index (χ2v) is 9.40. The fourth-order valence-electron chi connectivity index (χ4n) is 2.27. The average Bonchev–Trinajstić information content (AvgIpc) is 2.90. The third kappa shape index (κ3) is 4.13. The molecule has 2 aromatic rings. The summed E-state index contributed by atoms with van der Waals surface area (Å²) in [5.74, 6) is -0.430. The predicted octanol–water partition coefficient (Wildman–Crippen LogP) is 2.98. The van der Waals surface area contributed by atoms with Crippen LogP contribution in [0.15, 0.2) is 22.4 Å². The van der Waals surface area contributed by atoms with Crippen LogP contribution in [-0.2, 0) is 14.8 Å². The van der Waals surface area contributed by atoms with Crippen molar-refractivity contribution in [3.8, 4) is 0 Å². The summed E-state index contributed by atoms with van der Waals surface area (Å²) in [6, 6.07) is 4.79. The van der Waals surface area contributed by atoms with Gasteiger partial charge in [-0.1, -0.05) is 11.6 Å². The molecule has 0 fully saturated rings. The van der Waals surface area contributed by atoms with E-state index in [1.54, 1.807) is 6.92 Å². The molecule has 0 aromatic carbocycles. The molecule has 0 bridgehead atoms. The van der Waals surface area contributed by atoms with Gasteiger partial charge in [-0.3, -0.25) is 9.78 Å². The van der Waals surface area contributed by atoms with Crippen LogP contribution in [0.2, 0.25) is 4.34 Å². The smallest absolute Gasteiger partial charge is 0.252 e. The number of hydrogen-bond acceptors (Lipinski definition) is 5. The topological polar surface area (TPSA) is 79.4 Å². The summed E-state index contributed by atoms with van der Waals surface area (Å²) in [4.78, 5) is 16.5. The molecule has 130 valence electrons. The molecule has 6 nitrogen and oxygen atoms in total. The minimum Gasteiger partial charge on any atom is -0.323 e. The highest BCUT2D eigenvalue weighted by atomic mass is 35.5. The number of sulfonamides is 1. The van der Waals surface area contributed by atoms with Crippen LogP contribution in [-0.4, -0.2) is 37.2 Å². The van der Waals surface area contributed by atoms with Crippen LogP contribution >= 0.6 is 22.9 Å². The zero-order chi connectivity index (χ0) is 18.1. The first-order valence-electron chi connectivity index (χ1n) is 7.07. The van der Waals surface area contributed by atoms with Gasteiger partial charge in [0.25, 0.3) is 10.0 Å². The van der Waals surface area contributed by atoms with Crippen molar-refractivity contribution in [2.45, 2.75) is 25.0 Å². The highest BCUT2D eigenvalue weighted by molar-refractivity contribution is 7.91. The van der Waals surface area contributed by atoms with Crippen LogP contribution in [0, 0.1) is 20.8 Å². The fourth-order valence-corrected chi connectivity index (χ4v) is 5.09. The van der Waals surface area contributed by atoms with Gasteiger partial charge in [0, 0.05) is 12.7 Å². The van der Waals surface area contributed by atoms with Crippen LogP contribution in [0.1, 0.15) is 17.0 Å². The van der Waals surface area contributed by atoms with Gasteiger partial charge in [0.2, 0.25) is 5.91 Å². The molecule has 0 saturated carbocycles. The molecule has 0 spiro atoms. The fraction of sp³-hybridized carbons (Fsp3) is 0.333. The van der Waals surface area contributed by atoms with Crippen molar-refractivity contribution in [1.82, 2.24) is 9.29 Å². The Morgan fingerprint density at radius 1 is 1.33 bits per heavy atom. The molecule has 9 heteroatoms. The van der Waals surface area contributed by atoms with Gasteiger partial charge in [-0.2, -0.15) is 4.31 Å². The minimum atomic E-state index is -3.74. The Labute approximate surface area is 150 Å². The zero-order valence-electron chi connectivity index (χ0n) is 13.8. The van der Waals surface area contributed by atoms with E-state index in [4.69, 9.17) is 11.6 Å². The Bertz CT molecular complexity index is 855. The Morgan fingerprint density at radius 2 is 2.00 bits per heavy atom. The molecule has 2 heterocycles. The van der Waals surface area contributed by atoms with Gasteiger partial charge in [-0.15, -0.1) is 11.3 Å². The van der Waals surface area contributed by atoms with E-state index >= 15 is 0 Å². The van der Waals surface area contributed by atoms with E-state index < -0.39 is 15.9 Å². The Hall–Kier alpha value is -1.48. The third-order valence-corrected chi connectivity index (χ3v) is 6.87. The molecule has 0 aliphatic carbocycles. The lowest BCUT2D eigenvalue weighted by atomic mass is 10.1. The van der Waals surface area contributed by atoms with Crippen LogP contribution in [0.25, 0.3) is 0 Å². The SMILES string of the molecule is Cc1cc(C)c(NC(=O)CN(C)S(=O)(=O)c2ccc(Cl)s2)c(C)n1. The number of halogens is 1. The summed E-state index contributed by atoms with van der Waals surface area (Å²) < 4.78 is 26.3. The third-order valence-electron chi connectivity index (χ3n) is 3.37. The van der Waals surface area contributed by atoms with Crippen molar-refractivity contribution < 1.29 is 13.2 Å². The molecule has 1 amide bonds. The van der Waals surface area contributed by atoms with Crippen molar-refractivity contribution in [1.29, 1.82) is 0 Å². The second-order valence-electron chi connectivity index (χ2n) is 5.41. The predicted molar refractivity (Wildman–Crippen MR) is 96.2 cm³/mol. The van der Waals surface area contributed by atoms with Gasteiger partial charge in [-0.05, 0) is 44.5 Å². The van der Waals surface area contributed by atoms with Gasteiger partial charge >= 0.3 is 0 Å². The number of aromatic nitrogens is 1. The zero-order valence-corrected chi connectivity index (χ0v) is 16.1. The molecule has 0 atom stereocenters. The van der Waals surface area contributed by atoms with E-state index in [0.29, 0.717) is 15.7 Å². The molecule has 1 N–H and O–H groups in total. The molecule has 2 aromatic heterocycles. The van der Waals surface area contributed by atoms with E-state index in [1.807, 2.05) is 19.9 Å². The van der Waals surface area contributed by atoms with Crippen LogP contribution in [0.4, 0.5) is 5.69 Å². The molecule has 24 heavy (non-hydrogen) atoms. The molecule has 0 aliphatic heterocycles. The maximum atomic E-state index is 12.4. The van der Waals surface area contributed by atoms with E-state index in [2.05, 4.69) is 10.3 Å². The van der Waals surface area contributed by atoms with Gasteiger partial charge in [0.15, 0.2) is 0 Å². The highest BCUT2D eigenvalue weighted by Crippen LogP contribution is 2.27. The summed E-state index contributed by atoms with van der Waals surface area (Å²) in [5, 5.41) is 2.74. The molecule has 0 aliphatic rings. The number of carbonyl (C=O) groups is 1. The van der Waals surface area contributed by atoms with E-state index in [-0.39, 0.29) is 10.8 Å². The molecular weight excluding hydrogens is 370 g/mol. The van der Waals surface area contributed by atoms with E-state index in [1.165, 1.54) is 19.2 Å². The van der Waals surface area contributed by atoms with Crippen molar-refractivity contribution in [2.24, 2.45) is 0 Å². The summed E-state index contributed by atoms with van der Waals surface area (Å²) in [6.07, 6.45) is 0. The van der Waals surface area contributed by atoms with Gasteiger partial charge < -0.3 is 5.32 Å². The number of carbonyl (C=O) groups excluding carboxylic acids is 1. The van der Waals surface area contributed by atoms with Gasteiger partial charge in [0.05, 0.1) is 22.3 Å². The molecule has 0 saturated heterocycles. The number of likely N-dealkylation sites (N-methyl/N-ethyl adjacent to an activating group) is 1. The van der Waals surface area contributed by atoms with Gasteiger partial charge in [0.1, 0.15) is 4.21 Å². The number of anilines is 1. The quantitative estimate of drug-likeness (QED) is 0.855. The lowest BCUT2D eigenvalue weighted by Crippen LogP contribution is -2.34. The lowest BCUT2D eigenvalue weighted by Gasteiger charge is -2.17. The van der Waals surface area contributed by atoms with E-state index in [0.717, 1.165) is 26.9 Å². The second kappa shape index (κ2) is 7.18. The van der Waals surface area contributed by atoms with Crippen molar-refractivity contribution in [3.05, 3.63) is 39.5 Å². The normalized spacial score (nSPS) is 11.8. The first-order chi connectivity index (χ1) is 11.1. The number of thiophene rings is 1. The molecule has 0 unspecified atom stereocenters. The van der Waals surface area contributed by atoms with E-state index in [9.17, 15) is 13.2 Å². The highest BCUT2D eigenvalue weighted by Gasteiger charge is 2.25. The Morgan fingerprint density at radius 3 is 2.54 bits per heavy atom. The maximum absolute atomic E-state index is 12.4. The number of aryl methyl sites for hydroxylation is 3. The number of hydrogen-bond donors (Lipinski definition) is 1. The van der Waals surface area contributed by atoms with Crippen molar-refractivity contribution >= 4 is 44.6 Å². The van der Waals surface area contributed by atoms with Gasteiger partial charge in [-0.25, -0.2) is 8.42 Å². The molecular formula is C15H18ClN3O3S2. The summed E-state index contributed by atoms with van der Waals surface area (Å²) in [6.45, 7) is 5.23. The monoisotopic (exact) mass is 387 g/mol. The number of pyridine rings is 1. The number of amides is 1. The first-order valence-corrected chi connectivity index (χ1v) is 9.71. The standard InChI is InChI=1S/C15H18ClN3O3S2/c1-9-7-10(2)17-11(3)15(9)18-13(20)8-19(4)24(21,22)14-6-5-12(16)23-14/h5-7H,8H2,1-4H3,(H,18,20). The average molecular weight is 388 g/mol. The lowest BCUT2D eigenvalue weighted by molar-refractivity contribution is -0.116. The number of nitrogens with zero attached hydrogens (tertiary/aromatic N) is 2. The van der Waals surface area contributed by atoms with Crippen molar-refractivity contribution in [2.75, 3.05) is 18.9 Å². The number of rotatable bonds is 5. The number of nitrogens with one attached hydrogen (secondary N) is 1. The van der Waals surface area contributed by atoms with Crippen LogP contribution in [0.5, 0.6) is 0 Å². The molecule has 2 rings (SSSR count). The van der Waals surface area contributed by atoms with Crippen LogP contribution < -0.4 is 5.32 Å². The largest absolute Gasteiger partial charge is 0.323 e. The summed E-state index contributed by atoms with van der Waals surface area (Å²) in [7, 11) is -2.38. The maximum Gasteiger partial charge on any atom is 0.252 e. The van der Waals surface area contributed by atoms with Crippen molar-refractivity contribution in [3.63, 3.8) is 0 Å². The summed E-state index contributed by atoms with van der Waals surface area (Å²) in [5.41, 5.74) is 3.04. The Balaban J connectivity index is 2.13. The summed E-state index contributed by atoms with van der Waals surface area (Å²) >= 11 is 6.74.